The molecule has 0 aromatic rings. The van der Waals surface area contributed by atoms with Gasteiger partial charge in [0, 0.05) is 26.7 Å². The van der Waals surface area contributed by atoms with Gasteiger partial charge in [0.15, 0.2) is 0 Å². The van der Waals surface area contributed by atoms with Crippen LogP contribution in [0.25, 0.3) is 0 Å². The van der Waals surface area contributed by atoms with Crippen LogP contribution in [0, 0.1) is 5.92 Å². The average Bonchev–Trinajstić information content (AvgIpc) is 2.81. The molecule has 0 saturated carbocycles. The molecule has 0 aliphatic carbocycles. The topological polar surface area (TPSA) is 78.9 Å². The van der Waals surface area contributed by atoms with Gasteiger partial charge in [0.1, 0.15) is 0 Å². The Labute approximate surface area is 107 Å². The van der Waals surface area contributed by atoms with Crippen molar-refractivity contribution in [2.75, 3.05) is 26.7 Å². The Morgan fingerprint density at radius 2 is 2.28 bits per heavy atom. The summed E-state index contributed by atoms with van der Waals surface area (Å²) in [6.07, 6.45) is 3.22. The van der Waals surface area contributed by atoms with E-state index in [2.05, 4.69) is 5.32 Å². The molecule has 0 aromatic carbocycles. The summed E-state index contributed by atoms with van der Waals surface area (Å²) in [6.45, 7) is 3.17. The zero-order valence-electron chi connectivity index (χ0n) is 11.0. The number of amides is 2. The third kappa shape index (κ3) is 4.91. The van der Waals surface area contributed by atoms with Crippen LogP contribution in [0.1, 0.15) is 26.2 Å². The number of carbonyl (C=O) groups excluding carboxylic acids is 1. The maximum absolute atomic E-state index is 11.7. The summed E-state index contributed by atoms with van der Waals surface area (Å²) in [6, 6.07) is -0.235. The normalized spacial score (nSPS) is 20.4. The van der Waals surface area contributed by atoms with E-state index in [1.807, 2.05) is 0 Å². The van der Waals surface area contributed by atoms with Crippen molar-refractivity contribution in [3.05, 3.63) is 0 Å². The summed E-state index contributed by atoms with van der Waals surface area (Å²) >= 11 is 0. The number of aliphatic carboxylic acids is 1. The molecular weight excluding hydrogens is 236 g/mol. The highest BCUT2D eigenvalue weighted by atomic mass is 16.5. The van der Waals surface area contributed by atoms with Crippen molar-refractivity contribution in [3.63, 3.8) is 0 Å². The predicted molar refractivity (Wildman–Crippen MR) is 66.4 cm³/mol. The van der Waals surface area contributed by atoms with Gasteiger partial charge in [-0.2, -0.15) is 0 Å². The fraction of sp³-hybridized carbons (Fsp3) is 0.833. The molecule has 6 nitrogen and oxygen atoms in total. The number of ether oxygens (including phenoxy) is 1. The maximum Gasteiger partial charge on any atom is 0.317 e. The van der Waals surface area contributed by atoms with Crippen LogP contribution in [0.5, 0.6) is 0 Å². The van der Waals surface area contributed by atoms with Crippen molar-refractivity contribution in [2.24, 2.45) is 5.92 Å². The molecule has 2 atom stereocenters. The van der Waals surface area contributed by atoms with E-state index in [1.54, 1.807) is 14.0 Å². The molecule has 1 rings (SSSR count). The van der Waals surface area contributed by atoms with E-state index in [4.69, 9.17) is 9.84 Å². The van der Waals surface area contributed by atoms with E-state index < -0.39 is 11.9 Å². The lowest BCUT2D eigenvalue weighted by atomic mass is 10.2. The molecule has 18 heavy (non-hydrogen) atoms. The number of carbonyl (C=O) groups is 2. The Morgan fingerprint density at radius 3 is 2.83 bits per heavy atom. The number of hydrogen-bond acceptors (Lipinski definition) is 3. The lowest BCUT2D eigenvalue weighted by Gasteiger charge is -2.20. The summed E-state index contributed by atoms with van der Waals surface area (Å²) in [7, 11) is 1.60. The number of carboxylic acid groups (broad SMARTS) is 1. The molecular formula is C12H22N2O4. The highest BCUT2D eigenvalue weighted by molar-refractivity contribution is 5.75. The smallest absolute Gasteiger partial charge is 0.317 e. The van der Waals surface area contributed by atoms with Gasteiger partial charge in [0.2, 0.25) is 0 Å². The van der Waals surface area contributed by atoms with Crippen molar-refractivity contribution < 1.29 is 19.4 Å². The summed E-state index contributed by atoms with van der Waals surface area (Å²) < 4.78 is 5.45. The Kier molecular flexibility index (Phi) is 5.91. The fourth-order valence-electron chi connectivity index (χ4n) is 1.92. The first-order valence-corrected chi connectivity index (χ1v) is 6.34. The quantitative estimate of drug-likeness (QED) is 0.742. The minimum absolute atomic E-state index is 0.209. The SMILES string of the molecule is CC(CN(C)C(=O)NCCC1CCCO1)C(=O)O. The monoisotopic (exact) mass is 258 g/mol. The van der Waals surface area contributed by atoms with Gasteiger partial charge in [-0.25, -0.2) is 4.79 Å². The van der Waals surface area contributed by atoms with Crippen molar-refractivity contribution in [3.8, 4) is 0 Å². The van der Waals surface area contributed by atoms with Gasteiger partial charge in [-0.3, -0.25) is 4.79 Å². The highest BCUT2D eigenvalue weighted by Crippen LogP contribution is 2.14. The lowest BCUT2D eigenvalue weighted by molar-refractivity contribution is -0.141. The van der Waals surface area contributed by atoms with Crippen LogP contribution in [0.4, 0.5) is 4.79 Å². The van der Waals surface area contributed by atoms with E-state index in [1.165, 1.54) is 4.90 Å². The lowest BCUT2D eigenvalue weighted by Crippen LogP contribution is -2.41. The van der Waals surface area contributed by atoms with E-state index in [0.717, 1.165) is 25.9 Å². The molecule has 0 radical (unpaired) electrons. The Balaban J connectivity index is 2.16. The Morgan fingerprint density at radius 1 is 1.56 bits per heavy atom. The van der Waals surface area contributed by atoms with E-state index in [-0.39, 0.29) is 18.7 Å². The number of urea groups is 1. The molecule has 104 valence electrons. The standard InChI is InChI=1S/C12H22N2O4/c1-9(11(15)16)8-14(2)12(17)13-6-5-10-4-3-7-18-10/h9-10H,3-8H2,1-2H3,(H,13,17)(H,15,16). The van der Waals surface area contributed by atoms with Gasteiger partial charge in [0.25, 0.3) is 0 Å². The number of rotatable bonds is 6. The molecule has 1 saturated heterocycles. The molecule has 0 bridgehead atoms. The van der Waals surface area contributed by atoms with Crippen molar-refractivity contribution in [1.82, 2.24) is 10.2 Å². The van der Waals surface area contributed by atoms with Crippen LogP contribution in [0.3, 0.4) is 0 Å². The molecule has 2 N–H and O–H groups in total. The van der Waals surface area contributed by atoms with E-state index in [9.17, 15) is 9.59 Å². The number of carboxylic acids is 1. The van der Waals surface area contributed by atoms with Crippen LogP contribution >= 0.6 is 0 Å². The van der Waals surface area contributed by atoms with Gasteiger partial charge in [-0.05, 0) is 19.3 Å². The van der Waals surface area contributed by atoms with Gasteiger partial charge < -0.3 is 20.1 Å². The predicted octanol–water partition coefficient (Wildman–Crippen LogP) is 0.918. The first kappa shape index (κ1) is 14.8. The Bertz CT molecular complexity index is 290. The van der Waals surface area contributed by atoms with Gasteiger partial charge in [0.05, 0.1) is 12.0 Å². The van der Waals surface area contributed by atoms with Crippen molar-refractivity contribution >= 4 is 12.0 Å². The molecule has 6 heteroatoms. The van der Waals surface area contributed by atoms with Crippen molar-refractivity contribution in [2.45, 2.75) is 32.3 Å². The zero-order valence-corrected chi connectivity index (χ0v) is 11.0. The second kappa shape index (κ2) is 7.20. The second-order valence-corrected chi connectivity index (χ2v) is 4.78. The van der Waals surface area contributed by atoms with E-state index in [0.29, 0.717) is 6.54 Å². The third-order valence-electron chi connectivity index (χ3n) is 3.08. The molecule has 1 aliphatic heterocycles. The van der Waals surface area contributed by atoms with Gasteiger partial charge in [-0.15, -0.1) is 0 Å². The van der Waals surface area contributed by atoms with Crippen LogP contribution in [-0.2, 0) is 9.53 Å². The molecule has 2 amide bonds. The summed E-state index contributed by atoms with van der Waals surface area (Å²) in [4.78, 5) is 23.7. The van der Waals surface area contributed by atoms with Gasteiger partial charge in [-0.1, -0.05) is 6.92 Å². The maximum atomic E-state index is 11.7. The molecule has 1 fully saturated rings. The number of hydrogen-bond donors (Lipinski definition) is 2. The van der Waals surface area contributed by atoms with Crippen LogP contribution < -0.4 is 5.32 Å². The average molecular weight is 258 g/mol. The molecule has 2 unspecified atom stereocenters. The fourth-order valence-corrected chi connectivity index (χ4v) is 1.92. The number of nitrogens with zero attached hydrogens (tertiary/aromatic N) is 1. The van der Waals surface area contributed by atoms with Crippen molar-refractivity contribution in [1.29, 1.82) is 0 Å². The first-order chi connectivity index (χ1) is 8.50. The summed E-state index contributed by atoms with van der Waals surface area (Å²) in [5.74, 6) is -1.45. The molecule has 0 spiro atoms. The zero-order chi connectivity index (χ0) is 13.5. The minimum Gasteiger partial charge on any atom is -0.481 e. The second-order valence-electron chi connectivity index (χ2n) is 4.78. The van der Waals surface area contributed by atoms with E-state index >= 15 is 0 Å². The molecule has 1 heterocycles. The van der Waals surface area contributed by atoms with Crippen LogP contribution in [-0.4, -0.2) is 54.9 Å². The minimum atomic E-state index is -0.894. The van der Waals surface area contributed by atoms with Crippen LogP contribution in [0.2, 0.25) is 0 Å². The largest absolute Gasteiger partial charge is 0.481 e. The third-order valence-corrected chi connectivity index (χ3v) is 3.08. The first-order valence-electron chi connectivity index (χ1n) is 6.34. The molecule has 0 aromatic heterocycles. The van der Waals surface area contributed by atoms with Gasteiger partial charge >= 0.3 is 12.0 Å². The number of nitrogens with one attached hydrogen (secondary N) is 1. The highest BCUT2D eigenvalue weighted by Gasteiger charge is 2.18. The molecule has 1 aliphatic rings. The Hall–Kier alpha value is -1.30. The summed E-state index contributed by atoms with van der Waals surface area (Å²) in [5.41, 5.74) is 0. The summed E-state index contributed by atoms with van der Waals surface area (Å²) in [5, 5.41) is 11.5. The van der Waals surface area contributed by atoms with Crippen LogP contribution in [0.15, 0.2) is 0 Å².